The molecule has 0 atom stereocenters. The fraction of sp³-hybridized carbons (Fsp3) is 0.412. The fourth-order valence-corrected chi connectivity index (χ4v) is 2.90. The highest BCUT2D eigenvalue weighted by atomic mass is 32.1. The van der Waals surface area contributed by atoms with E-state index in [1.165, 1.54) is 24.2 Å². The Hall–Kier alpha value is -1.92. The maximum absolute atomic E-state index is 12.0. The third kappa shape index (κ3) is 4.53. The van der Waals surface area contributed by atoms with E-state index >= 15 is 0 Å². The third-order valence-electron chi connectivity index (χ3n) is 3.64. The number of nitrogens with zero attached hydrogens (tertiary/aromatic N) is 1. The number of carbonyl (C=O) groups excluding carboxylic acids is 1. The second-order valence-corrected chi connectivity index (χ2v) is 6.42. The Kier molecular flexibility index (Phi) is 5.25. The van der Waals surface area contributed by atoms with Crippen LogP contribution in [0.4, 0.5) is 0 Å². The Morgan fingerprint density at radius 1 is 1.30 bits per heavy atom. The van der Waals surface area contributed by atoms with Crippen molar-refractivity contribution in [3.8, 4) is 16.3 Å². The maximum Gasteiger partial charge on any atom is 0.270 e. The largest absolute Gasteiger partial charge is 0.491 e. The molecule has 1 aromatic heterocycles. The van der Waals surface area contributed by atoms with Crippen LogP contribution in [0.15, 0.2) is 29.6 Å². The van der Waals surface area contributed by atoms with Crippen LogP contribution >= 0.6 is 11.3 Å². The molecule has 3 rings (SSSR count). The molecule has 1 fully saturated rings. The SMILES string of the molecule is COCCOc1ccc(-c2nc(C(=O)NCC3CC3)cs2)cc1. The maximum atomic E-state index is 12.0. The second kappa shape index (κ2) is 7.57. The number of rotatable bonds is 8. The van der Waals surface area contributed by atoms with Gasteiger partial charge in [-0.25, -0.2) is 4.98 Å². The van der Waals surface area contributed by atoms with Crippen molar-refractivity contribution in [3.05, 3.63) is 35.3 Å². The van der Waals surface area contributed by atoms with Gasteiger partial charge >= 0.3 is 0 Å². The minimum atomic E-state index is -0.0843. The summed E-state index contributed by atoms with van der Waals surface area (Å²) in [6.07, 6.45) is 2.45. The van der Waals surface area contributed by atoms with Gasteiger partial charge in [0.2, 0.25) is 0 Å². The molecule has 1 saturated carbocycles. The molecule has 0 spiro atoms. The molecule has 1 N–H and O–H groups in total. The predicted molar refractivity (Wildman–Crippen MR) is 90.0 cm³/mol. The van der Waals surface area contributed by atoms with Gasteiger partial charge in [-0.3, -0.25) is 4.79 Å². The number of aromatic nitrogens is 1. The Morgan fingerprint density at radius 2 is 2.09 bits per heavy atom. The lowest BCUT2D eigenvalue weighted by Crippen LogP contribution is -2.25. The lowest BCUT2D eigenvalue weighted by molar-refractivity contribution is 0.0947. The molecule has 1 aliphatic rings. The molecular weight excluding hydrogens is 312 g/mol. The normalized spacial score (nSPS) is 13.8. The van der Waals surface area contributed by atoms with Gasteiger partial charge in [0.15, 0.2) is 0 Å². The van der Waals surface area contributed by atoms with Gasteiger partial charge in [-0.2, -0.15) is 0 Å². The molecule has 0 aliphatic heterocycles. The minimum absolute atomic E-state index is 0.0843. The quantitative estimate of drug-likeness (QED) is 0.755. The summed E-state index contributed by atoms with van der Waals surface area (Å²) in [6.45, 7) is 1.85. The van der Waals surface area contributed by atoms with Crippen LogP contribution in [-0.2, 0) is 4.74 Å². The molecule has 0 unspecified atom stereocenters. The summed E-state index contributed by atoms with van der Waals surface area (Å²) in [5.74, 6) is 1.38. The first kappa shape index (κ1) is 16.0. The zero-order chi connectivity index (χ0) is 16.1. The molecule has 1 heterocycles. The van der Waals surface area contributed by atoms with Gasteiger partial charge in [0.1, 0.15) is 23.1 Å². The summed E-state index contributed by atoms with van der Waals surface area (Å²) in [4.78, 5) is 16.5. The van der Waals surface area contributed by atoms with E-state index in [1.807, 2.05) is 24.3 Å². The Morgan fingerprint density at radius 3 is 2.78 bits per heavy atom. The monoisotopic (exact) mass is 332 g/mol. The van der Waals surface area contributed by atoms with E-state index in [4.69, 9.17) is 9.47 Å². The molecule has 2 aromatic rings. The minimum Gasteiger partial charge on any atom is -0.491 e. The molecule has 1 aliphatic carbocycles. The standard InChI is InChI=1S/C17H20N2O3S/c1-21-8-9-22-14-6-4-13(5-7-14)17-19-15(11-23-17)16(20)18-10-12-2-3-12/h4-7,11-12H,2-3,8-10H2,1H3,(H,18,20). The first-order valence-corrected chi connectivity index (χ1v) is 8.60. The van der Waals surface area contributed by atoms with E-state index in [0.29, 0.717) is 24.8 Å². The zero-order valence-corrected chi connectivity index (χ0v) is 13.9. The van der Waals surface area contributed by atoms with Crippen LogP contribution in [0, 0.1) is 5.92 Å². The summed E-state index contributed by atoms with van der Waals surface area (Å²) in [7, 11) is 1.65. The number of hydrogen-bond acceptors (Lipinski definition) is 5. The number of hydrogen-bond donors (Lipinski definition) is 1. The van der Waals surface area contributed by atoms with Crippen LogP contribution in [0.3, 0.4) is 0 Å². The highest BCUT2D eigenvalue weighted by molar-refractivity contribution is 7.13. The average Bonchev–Trinajstić information content (AvgIpc) is 3.28. The number of thiazole rings is 1. The van der Waals surface area contributed by atoms with E-state index < -0.39 is 0 Å². The van der Waals surface area contributed by atoms with Gasteiger partial charge in [-0.15, -0.1) is 11.3 Å². The molecule has 1 aromatic carbocycles. The molecule has 0 bridgehead atoms. The van der Waals surface area contributed by atoms with Crippen molar-refractivity contribution in [1.82, 2.24) is 10.3 Å². The van der Waals surface area contributed by atoms with Gasteiger partial charge in [0.25, 0.3) is 5.91 Å². The van der Waals surface area contributed by atoms with Gasteiger partial charge < -0.3 is 14.8 Å². The highest BCUT2D eigenvalue weighted by Gasteiger charge is 2.22. The molecule has 5 nitrogen and oxygen atoms in total. The highest BCUT2D eigenvalue weighted by Crippen LogP contribution is 2.28. The number of methoxy groups -OCH3 is 1. The van der Waals surface area contributed by atoms with Crippen molar-refractivity contribution in [2.75, 3.05) is 26.9 Å². The van der Waals surface area contributed by atoms with Gasteiger partial charge in [0.05, 0.1) is 6.61 Å². The predicted octanol–water partition coefficient (Wildman–Crippen LogP) is 2.98. The van der Waals surface area contributed by atoms with Crippen LogP contribution in [0.25, 0.3) is 10.6 Å². The van der Waals surface area contributed by atoms with Crippen LogP contribution in [0.2, 0.25) is 0 Å². The van der Waals surface area contributed by atoms with E-state index in [-0.39, 0.29) is 5.91 Å². The van der Waals surface area contributed by atoms with E-state index in [2.05, 4.69) is 10.3 Å². The van der Waals surface area contributed by atoms with Crippen molar-refractivity contribution < 1.29 is 14.3 Å². The molecular formula is C17H20N2O3S. The number of nitrogens with one attached hydrogen (secondary N) is 1. The second-order valence-electron chi connectivity index (χ2n) is 5.56. The van der Waals surface area contributed by atoms with Crippen LogP contribution in [-0.4, -0.2) is 37.8 Å². The summed E-state index contributed by atoms with van der Waals surface area (Å²) < 4.78 is 10.5. The third-order valence-corrected chi connectivity index (χ3v) is 4.53. The van der Waals surface area contributed by atoms with Gasteiger partial charge in [0, 0.05) is 24.6 Å². The topological polar surface area (TPSA) is 60.5 Å². The summed E-state index contributed by atoms with van der Waals surface area (Å²) in [6, 6.07) is 7.71. The summed E-state index contributed by atoms with van der Waals surface area (Å²) in [5.41, 5.74) is 1.47. The van der Waals surface area contributed by atoms with Crippen molar-refractivity contribution in [2.45, 2.75) is 12.8 Å². The fourth-order valence-electron chi connectivity index (χ4n) is 2.10. The molecule has 1 amide bonds. The van der Waals surface area contributed by atoms with Crippen molar-refractivity contribution in [1.29, 1.82) is 0 Å². The Labute approximate surface area is 139 Å². The number of benzene rings is 1. The number of ether oxygens (including phenoxy) is 2. The summed E-state index contributed by atoms with van der Waals surface area (Å²) in [5, 5.41) is 5.58. The van der Waals surface area contributed by atoms with Crippen molar-refractivity contribution >= 4 is 17.2 Å². The van der Waals surface area contributed by atoms with Crippen molar-refractivity contribution in [2.24, 2.45) is 5.92 Å². The molecule has 6 heteroatoms. The smallest absolute Gasteiger partial charge is 0.270 e. The lowest BCUT2D eigenvalue weighted by Gasteiger charge is -2.05. The van der Waals surface area contributed by atoms with E-state index in [9.17, 15) is 4.79 Å². The lowest BCUT2D eigenvalue weighted by atomic mass is 10.2. The average molecular weight is 332 g/mol. The first-order valence-electron chi connectivity index (χ1n) is 7.72. The summed E-state index contributed by atoms with van der Waals surface area (Å²) >= 11 is 1.48. The molecule has 0 radical (unpaired) electrons. The Bertz CT molecular complexity index is 650. The van der Waals surface area contributed by atoms with Gasteiger partial charge in [-0.05, 0) is 43.0 Å². The zero-order valence-electron chi connectivity index (χ0n) is 13.1. The Balaban J connectivity index is 1.59. The first-order chi connectivity index (χ1) is 11.3. The molecule has 122 valence electrons. The van der Waals surface area contributed by atoms with E-state index in [1.54, 1.807) is 12.5 Å². The van der Waals surface area contributed by atoms with Crippen LogP contribution < -0.4 is 10.1 Å². The van der Waals surface area contributed by atoms with Crippen LogP contribution in [0.1, 0.15) is 23.3 Å². The molecule has 0 saturated heterocycles. The van der Waals surface area contributed by atoms with Crippen molar-refractivity contribution in [3.63, 3.8) is 0 Å². The number of amides is 1. The van der Waals surface area contributed by atoms with E-state index in [0.717, 1.165) is 22.9 Å². The number of carbonyl (C=O) groups is 1. The van der Waals surface area contributed by atoms with Crippen LogP contribution in [0.5, 0.6) is 5.75 Å². The van der Waals surface area contributed by atoms with Gasteiger partial charge in [-0.1, -0.05) is 0 Å². The molecule has 23 heavy (non-hydrogen) atoms.